The second-order valence-electron chi connectivity index (χ2n) is 17.3. The number of benzene rings is 8. The molecule has 0 N–H and O–H groups in total. The first-order valence-corrected chi connectivity index (χ1v) is 20.5. The quantitative estimate of drug-likeness (QED) is 0.168. The van der Waals surface area contributed by atoms with E-state index in [1.807, 2.05) is 0 Å². The Morgan fingerprint density at radius 1 is 0.466 bits per heavy atom. The van der Waals surface area contributed by atoms with Crippen molar-refractivity contribution in [2.24, 2.45) is 0 Å². The summed E-state index contributed by atoms with van der Waals surface area (Å²) in [7, 11) is 0. The van der Waals surface area contributed by atoms with Crippen molar-refractivity contribution in [3.05, 3.63) is 198 Å². The summed E-state index contributed by atoms with van der Waals surface area (Å²) < 4.78 is 7.07. The van der Waals surface area contributed by atoms with Gasteiger partial charge in [-0.3, -0.25) is 0 Å². The van der Waals surface area contributed by atoms with E-state index in [0.717, 1.165) is 33.3 Å². The maximum atomic E-state index is 7.07. The third-order valence-corrected chi connectivity index (χ3v) is 13.5. The Balaban J connectivity index is 1.24. The van der Waals surface area contributed by atoms with Gasteiger partial charge in [0.1, 0.15) is 11.2 Å². The van der Waals surface area contributed by atoms with Gasteiger partial charge in [0.15, 0.2) is 0 Å². The molecule has 0 bridgehead atoms. The standard InChI is InChI=1S/C54H41BN2O/c1-53(2)41-22-12-13-23-42(41)54(3,4)44-33-47-40(31-43(44)53)50-51-48(32-39-38-21-11-16-26-49(38)58-52(39)50)56(36-19-9-6-10-20-36)46-25-15-14-24-45(46)55(51)57(47)37-29-27-35(28-30-37)34-17-7-5-8-18-34/h5-33H,1-4H3. The van der Waals surface area contributed by atoms with Crippen LogP contribution in [0.25, 0.3) is 44.2 Å². The molecule has 0 fully saturated rings. The van der Waals surface area contributed by atoms with Crippen molar-refractivity contribution < 1.29 is 4.42 Å². The van der Waals surface area contributed by atoms with Crippen molar-refractivity contribution in [1.29, 1.82) is 0 Å². The molecule has 9 aromatic rings. The molecule has 3 nitrogen and oxygen atoms in total. The van der Waals surface area contributed by atoms with Crippen LogP contribution in [-0.4, -0.2) is 6.85 Å². The molecule has 0 saturated carbocycles. The molecule has 8 aromatic carbocycles. The second kappa shape index (κ2) is 11.9. The number of rotatable bonds is 3. The van der Waals surface area contributed by atoms with Gasteiger partial charge in [0.2, 0.25) is 0 Å². The number of para-hydroxylation sites is 3. The van der Waals surface area contributed by atoms with Crippen molar-refractivity contribution >= 4 is 68.1 Å². The van der Waals surface area contributed by atoms with Crippen LogP contribution in [0.2, 0.25) is 0 Å². The summed E-state index contributed by atoms with van der Waals surface area (Å²) in [4.78, 5) is 5.12. The summed E-state index contributed by atoms with van der Waals surface area (Å²) in [5, 5.41) is 2.27. The maximum absolute atomic E-state index is 7.07. The van der Waals surface area contributed by atoms with E-state index < -0.39 is 0 Å². The molecule has 0 unspecified atom stereocenters. The summed E-state index contributed by atoms with van der Waals surface area (Å²) >= 11 is 0. The molecule has 0 saturated heterocycles. The molecule has 1 aromatic heterocycles. The summed E-state index contributed by atoms with van der Waals surface area (Å²) in [5.41, 5.74) is 20.1. The van der Waals surface area contributed by atoms with Gasteiger partial charge in [-0.25, -0.2) is 0 Å². The lowest BCUT2D eigenvalue weighted by Gasteiger charge is -2.48. The fraction of sp³-hybridized carbons (Fsp3) is 0.111. The Morgan fingerprint density at radius 2 is 1.07 bits per heavy atom. The fourth-order valence-electron chi connectivity index (χ4n) is 10.7. The Hall–Kier alpha value is -6.78. The summed E-state index contributed by atoms with van der Waals surface area (Å²) in [6.45, 7) is 9.50. The molecule has 0 amide bonds. The van der Waals surface area contributed by atoms with Gasteiger partial charge < -0.3 is 14.1 Å². The predicted molar refractivity (Wildman–Crippen MR) is 244 cm³/mol. The lowest BCUT2D eigenvalue weighted by atomic mass is 9.43. The average molecular weight is 745 g/mol. The van der Waals surface area contributed by atoms with Crippen LogP contribution in [0.4, 0.5) is 28.4 Å². The zero-order chi connectivity index (χ0) is 38.9. The van der Waals surface area contributed by atoms with E-state index in [0.29, 0.717) is 0 Å². The van der Waals surface area contributed by atoms with E-state index in [2.05, 4.69) is 213 Å². The highest BCUT2D eigenvalue weighted by Gasteiger charge is 2.49. The van der Waals surface area contributed by atoms with Crippen LogP contribution in [0.5, 0.6) is 0 Å². The first-order valence-electron chi connectivity index (χ1n) is 20.5. The Kier molecular flexibility index (Phi) is 6.83. The van der Waals surface area contributed by atoms with Crippen LogP contribution in [0, 0.1) is 0 Å². The highest BCUT2D eigenvalue weighted by atomic mass is 16.3. The molecule has 2 aliphatic heterocycles. The van der Waals surface area contributed by atoms with E-state index >= 15 is 0 Å². The molecule has 4 heteroatoms. The van der Waals surface area contributed by atoms with Gasteiger partial charge in [-0.15, -0.1) is 0 Å². The van der Waals surface area contributed by atoms with E-state index in [1.165, 1.54) is 72.5 Å². The number of furan rings is 1. The number of anilines is 5. The van der Waals surface area contributed by atoms with E-state index in [-0.39, 0.29) is 17.7 Å². The minimum atomic E-state index is -0.222. The Morgan fingerprint density at radius 3 is 1.81 bits per heavy atom. The van der Waals surface area contributed by atoms with Gasteiger partial charge in [0.05, 0.1) is 0 Å². The molecule has 1 aliphatic carbocycles. The third kappa shape index (κ3) is 4.46. The van der Waals surface area contributed by atoms with Gasteiger partial charge in [0.25, 0.3) is 0 Å². The highest BCUT2D eigenvalue weighted by molar-refractivity contribution is 6.94. The monoisotopic (exact) mass is 744 g/mol. The third-order valence-electron chi connectivity index (χ3n) is 13.5. The maximum Gasteiger partial charge on any atom is 0.333 e. The Bertz CT molecular complexity index is 3130. The molecule has 58 heavy (non-hydrogen) atoms. The largest absolute Gasteiger partial charge is 0.455 e. The lowest BCUT2D eigenvalue weighted by molar-refractivity contribution is 0.521. The van der Waals surface area contributed by atoms with Crippen molar-refractivity contribution in [2.45, 2.75) is 38.5 Å². The number of nitrogens with zero attached hydrogens (tertiary/aromatic N) is 2. The molecular formula is C54H41BN2O. The minimum Gasteiger partial charge on any atom is -0.455 e. The van der Waals surface area contributed by atoms with Crippen molar-refractivity contribution in [1.82, 2.24) is 0 Å². The number of hydrogen-bond donors (Lipinski definition) is 0. The zero-order valence-corrected chi connectivity index (χ0v) is 33.1. The van der Waals surface area contributed by atoms with E-state index in [4.69, 9.17) is 4.42 Å². The topological polar surface area (TPSA) is 19.6 Å². The van der Waals surface area contributed by atoms with Crippen LogP contribution in [0.1, 0.15) is 49.9 Å². The summed E-state index contributed by atoms with van der Waals surface area (Å²) in [6.07, 6.45) is 0. The number of fused-ring (bicyclic) bond motifs is 10. The number of hydrogen-bond acceptors (Lipinski definition) is 3. The van der Waals surface area contributed by atoms with E-state index in [9.17, 15) is 0 Å². The minimum absolute atomic E-state index is 0.126. The van der Waals surface area contributed by atoms with Crippen molar-refractivity contribution in [3.8, 4) is 22.3 Å². The molecule has 276 valence electrons. The molecular weight excluding hydrogens is 703 g/mol. The molecule has 3 aliphatic rings. The predicted octanol–water partition coefficient (Wildman–Crippen LogP) is 12.9. The van der Waals surface area contributed by atoms with Crippen LogP contribution in [-0.2, 0) is 10.8 Å². The van der Waals surface area contributed by atoms with Crippen molar-refractivity contribution in [3.63, 3.8) is 0 Å². The molecule has 0 spiro atoms. The summed E-state index contributed by atoms with van der Waals surface area (Å²) in [6, 6.07) is 64.9. The molecule has 12 rings (SSSR count). The van der Waals surface area contributed by atoms with Gasteiger partial charge in [0, 0.05) is 61.2 Å². The lowest BCUT2D eigenvalue weighted by Crippen LogP contribution is -2.61. The second-order valence-corrected chi connectivity index (χ2v) is 17.3. The first-order chi connectivity index (χ1) is 28.3. The van der Waals surface area contributed by atoms with Gasteiger partial charge >= 0.3 is 6.85 Å². The zero-order valence-electron chi connectivity index (χ0n) is 33.1. The first kappa shape index (κ1) is 33.4. The SMILES string of the molecule is CC1(C)c2ccccc2C(C)(C)c2cc3c(cc21)-c1c2c(cc4c1oc1ccccc14)N(c1ccccc1)c1ccccc1B2N3c1ccc(-c2ccccc2)cc1. The average Bonchev–Trinajstić information content (AvgIpc) is 3.64. The van der Waals surface area contributed by atoms with Gasteiger partial charge in [-0.2, -0.15) is 0 Å². The normalized spacial score (nSPS) is 15.4. The Labute approximate surface area is 339 Å². The summed E-state index contributed by atoms with van der Waals surface area (Å²) in [5.74, 6) is 0. The van der Waals surface area contributed by atoms with Crippen molar-refractivity contribution in [2.75, 3.05) is 9.71 Å². The molecule has 3 heterocycles. The highest BCUT2D eigenvalue weighted by Crippen LogP contribution is 2.56. The van der Waals surface area contributed by atoms with Gasteiger partial charge in [-0.05, 0) is 98.9 Å². The smallest absolute Gasteiger partial charge is 0.333 e. The van der Waals surface area contributed by atoms with Crippen LogP contribution < -0.4 is 20.6 Å². The van der Waals surface area contributed by atoms with Crippen LogP contribution in [0.15, 0.2) is 180 Å². The van der Waals surface area contributed by atoms with Crippen LogP contribution >= 0.6 is 0 Å². The van der Waals surface area contributed by atoms with Gasteiger partial charge in [-0.1, -0.05) is 149 Å². The van der Waals surface area contributed by atoms with E-state index in [1.54, 1.807) is 0 Å². The molecule has 0 atom stereocenters. The van der Waals surface area contributed by atoms with Crippen LogP contribution in [0.3, 0.4) is 0 Å². The molecule has 0 radical (unpaired) electrons. The fourth-order valence-corrected chi connectivity index (χ4v) is 10.7.